The lowest BCUT2D eigenvalue weighted by molar-refractivity contribution is -0.405. The topological polar surface area (TPSA) is 68.3 Å². The molecule has 124 valence electrons. The fraction of sp³-hybridized carbons (Fsp3) is 0.556. The predicted molar refractivity (Wildman–Crippen MR) is 87.3 cm³/mol. The maximum Gasteiger partial charge on any atom is 0.281 e. The number of benzene rings is 1. The van der Waals surface area contributed by atoms with Crippen molar-refractivity contribution in [1.29, 1.82) is 0 Å². The van der Waals surface area contributed by atoms with Crippen LogP contribution in [0.3, 0.4) is 0 Å². The van der Waals surface area contributed by atoms with E-state index in [0.29, 0.717) is 26.1 Å². The lowest BCUT2D eigenvalue weighted by Gasteiger charge is -2.40. The van der Waals surface area contributed by atoms with Crippen molar-refractivity contribution in [2.24, 2.45) is 5.92 Å². The summed E-state index contributed by atoms with van der Waals surface area (Å²) in [6, 6.07) is 9.83. The summed E-state index contributed by atoms with van der Waals surface area (Å²) >= 11 is 0. The van der Waals surface area contributed by atoms with E-state index in [-0.39, 0.29) is 29.8 Å². The van der Waals surface area contributed by atoms with Crippen molar-refractivity contribution in [2.45, 2.75) is 38.3 Å². The molecule has 0 spiro atoms. The third kappa shape index (κ3) is 3.72. The van der Waals surface area contributed by atoms with Gasteiger partial charge in [-0.2, -0.15) is 0 Å². The van der Waals surface area contributed by atoms with Gasteiger partial charge in [-0.1, -0.05) is 30.3 Å². The van der Waals surface area contributed by atoms with Gasteiger partial charge in [-0.15, -0.1) is 0 Å². The molecule has 3 N–H and O–H groups in total. The Morgan fingerprint density at radius 1 is 1.22 bits per heavy atom. The van der Waals surface area contributed by atoms with Gasteiger partial charge in [0.25, 0.3) is 5.91 Å². The molecule has 1 aromatic rings. The summed E-state index contributed by atoms with van der Waals surface area (Å²) < 4.78 is 0. The van der Waals surface area contributed by atoms with Gasteiger partial charge in [0, 0.05) is 38.0 Å². The average molecular weight is 316 g/mol. The molecule has 23 heavy (non-hydrogen) atoms. The molecule has 1 aliphatic heterocycles. The maximum absolute atomic E-state index is 12.6. The van der Waals surface area contributed by atoms with Crippen LogP contribution in [0.25, 0.3) is 0 Å². The first-order chi connectivity index (χ1) is 11.1. The molecule has 2 aliphatic rings. The highest BCUT2D eigenvalue weighted by atomic mass is 16.2. The minimum Gasteiger partial charge on any atom is -0.347 e. The van der Waals surface area contributed by atoms with Crippen LogP contribution < -0.4 is 5.73 Å². The van der Waals surface area contributed by atoms with E-state index in [0.717, 1.165) is 18.4 Å². The van der Waals surface area contributed by atoms with Crippen molar-refractivity contribution in [3.05, 3.63) is 35.9 Å². The van der Waals surface area contributed by atoms with Crippen molar-refractivity contribution < 1.29 is 15.3 Å². The van der Waals surface area contributed by atoms with Crippen LogP contribution in [-0.4, -0.2) is 53.3 Å². The Labute approximate surface area is 137 Å². The molecule has 2 fully saturated rings. The molecule has 2 atom stereocenters. The van der Waals surface area contributed by atoms with Crippen molar-refractivity contribution in [3.63, 3.8) is 0 Å². The number of nitrogens with zero attached hydrogens (tertiary/aromatic N) is 2. The van der Waals surface area contributed by atoms with Gasteiger partial charge in [0.2, 0.25) is 5.91 Å². The molecule has 0 aromatic heterocycles. The van der Waals surface area contributed by atoms with E-state index in [4.69, 9.17) is 0 Å². The number of hydrogen-bond donors (Lipinski definition) is 1. The Kier molecular flexibility index (Phi) is 4.66. The van der Waals surface area contributed by atoms with Gasteiger partial charge in [0.15, 0.2) is 6.04 Å². The first kappa shape index (κ1) is 16.0. The minimum absolute atomic E-state index is 0.0965. The van der Waals surface area contributed by atoms with Crippen molar-refractivity contribution in [3.8, 4) is 0 Å². The summed E-state index contributed by atoms with van der Waals surface area (Å²) in [5, 5.41) is 0. The molecule has 2 amide bonds. The van der Waals surface area contributed by atoms with E-state index in [2.05, 4.69) is 5.73 Å². The number of quaternary nitrogens is 1. The number of carbonyl (C=O) groups excluding carboxylic acids is 2. The largest absolute Gasteiger partial charge is 0.347 e. The van der Waals surface area contributed by atoms with Crippen molar-refractivity contribution >= 4 is 11.8 Å². The van der Waals surface area contributed by atoms with Gasteiger partial charge in [0.05, 0.1) is 0 Å². The van der Waals surface area contributed by atoms with Crippen LogP contribution in [0.4, 0.5) is 0 Å². The molecule has 1 aromatic carbocycles. The van der Waals surface area contributed by atoms with Crippen molar-refractivity contribution in [1.82, 2.24) is 9.80 Å². The highest BCUT2D eigenvalue weighted by molar-refractivity contribution is 5.83. The third-order valence-electron chi connectivity index (χ3n) is 4.82. The summed E-state index contributed by atoms with van der Waals surface area (Å²) in [6.07, 6.45) is 2.72. The normalized spacial score (nSPS) is 22.8. The van der Waals surface area contributed by atoms with Crippen LogP contribution in [0.2, 0.25) is 0 Å². The Balaban J connectivity index is 1.55. The van der Waals surface area contributed by atoms with Crippen molar-refractivity contribution in [2.75, 3.05) is 19.6 Å². The molecule has 0 unspecified atom stereocenters. The molecular formula is C18H26N3O2+. The molecule has 1 heterocycles. The standard InChI is InChI=1S/C18H25N3O2/c1-13-12-20(9-10-21(13)17(22)15-7-8-15)18(23)16(19)11-14-5-3-2-4-6-14/h2-6,13,15-16H,7-12,19H2,1H3/p+1/t13-,16+/m0/s1. The quantitative estimate of drug-likeness (QED) is 0.868. The van der Waals surface area contributed by atoms with E-state index in [9.17, 15) is 9.59 Å². The van der Waals surface area contributed by atoms with Crippen LogP contribution in [-0.2, 0) is 16.0 Å². The predicted octanol–water partition coefficient (Wildman–Crippen LogP) is 0.309. The SMILES string of the molecule is C[C@H]1CN(C(=O)[C@H]([NH3+])Cc2ccccc2)CCN1C(=O)C1CC1. The van der Waals surface area contributed by atoms with E-state index >= 15 is 0 Å². The van der Waals surface area contributed by atoms with Gasteiger partial charge in [-0.3, -0.25) is 9.59 Å². The Morgan fingerprint density at radius 2 is 1.91 bits per heavy atom. The molecule has 5 heteroatoms. The summed E-state index contributed by atoms with van der Waals surface area (Å²) in [6.45, 7) is 3.94. The summed E-state index contributed by atoms with van der Waals surface area (Å²) in [7, 11) is 0. The van der Waals surface area contributed by atoms with Crippen LogP contribution in [0, 0.1) is 5.92 Å². The van der Waals surface area contributed by atoms with E-state index in [1.165, 1.54) is 0 Å². The molecular weight excluding hydrogens is 290 g/mol. The van der Waals surface area contributed by atoms with Crippen LogP contribution in [0.1, 0.15) is 25.3 Å². The highest BCUT2D eigenvalue weighted by Gasteiger charge is 2.38. The molecule has 0 radical (unpaired) electrons. The fourth-order valence-corrected chi connectivity index (χ4v) is 3.29. The molecule has 0 bridgehead atoms. The second kappa shape index (κ2) is 6.71. The van der Waals surface area contributed by atoms with Crippen LogP contribution in [0.15, 0.2) is 30.3 Å². The van der Waals surface area contributed by atoms with Crippen LogP contribution in [0.5, 0.6) is 0 Å². The van der Waals surface area contributed by atoms with Gasteiger partial charge in [0.1, 0.15) is 0 Å². The number of hydrogen-bond acceptors (Lipinski definition) is 2. The highest BCUT2D eigenvalue weighted by Crippen LogP contribution is 2.32. The molecule has 1 aliphatic carbocycles. The fourth-order valence-electron chi connectivity index (χ4n) is 3.29. The van der Waals surface area contributed by atoms with Gasteiger partial charge < -0.3 is 15.5 Å². The zero-order valence-electron chi connectivity index (χ0n) is 13.8. The zero-order valence-corrected chi connectivity index (χ0v) is 13.8. The molecule has 1 saturated carbocycles. The van der Waals surface area contributed by atoms with Gasteiger partial charge in [-0.25, -0.2) is 0 Å². The Bertz CT molecular complexity index is 571. The number of carbonyl (C=O) groups is 2. The lowest BCUT2D eigenvalue weighted by atomic mass is 10.0. The summed E-state index contributed by atoms with van der Waals surface area (Å²) in [4.78, 5) is 28.7. The monoisotopic (exact) mass is 316 g/mol. The number of amides is 2. The first-order valence-electron chi connectivity index (χ1n) is 8.52. The Morgan fingerprint density at radius 3 is 2.52 bits per heavy atom. The lowest BCUT2D eigenvalue weighted by Crippen LogP contribution is -2.70. The van der Waals surface area contributed by atoms with E-state index in [1.807, 2.05) is 47.1 Å². The second-order valence-corrected chi connectivity index (χ2v) is 6.83. The third-order valence-corrected chi connectivity index (χ3v) is 4.82. The minimum atomic E-state index is -0.268. The number of piperazine rings is 1. The Hall–Kier alpha value is -1.88. The number of rotatable bonds is 4. The molecule has 3 rings (SSSR count). The summed E-state index contributed by atoms with van der Waals surface area (Å²) in [5.41, 5.74) is 5.19. The van der Waals surface area contributed by atoms with E-state index < -0.39 is 0 Å². The van der Waals surface area contributed by atoms with Crippen LogP contribution >= 0.6 is 0 Å². The zero-order chi connectivity index (χ0) is 16.4. The maximum atomic E-state index is 12.6. The van der Waals surface area contributed by atoms with E-state index in [1.54, 1.807) is 0 Å². The summed E-state index contributed by atoms with van der Waals surface area (Å²) in [5.74, 6) is 0.623. The average Bonchev–Trinajstić information content (AvgIpc) is 3.39. The first-order valence-corrected chi connectivity index (χ1v) is 8.52. The molecule has 1 saturated heterocycles. The smallest absolute Gasteiger partial charge is 0.281 e. The van der Waals surface area contributed by atoms with Gasteiger partial charge >= 0.3 is 0 Å². The molecule has 5 nitrogen and oxygen atoms in total. The van der Waals surface area contributed by atoms with Gasteiger partial charge in [-0.05, 0) is 25.3 Å². The second-order valence-electron chi connectivity index (χ2n) is 6.83.